The second kappa shape index (κ2) is 18.0. The molecule has 0 spiro atoms. The van der Waals surface area contributed by atoms with Gasteiger partial charge < -0.3 is 24.7 Å². The summed E-state index contributed by atoms with van der Waals surface area (Å²) in [5.41, 5.74) is 5.38. The van der Waals surface area contributed by atoms with Crippen LogP contribution < -0.4 is 5.73 Å². The fraction of sp³-hybridized carbons (Fsp3) is 0.600. The molecule has 0 bridgehead atoms. The third-order valence-corrected chi connectivity index (χ3v) is 5.44. The zero-order valence-corrected chi connectivity index (χ0v) is 25.2. The van der Waals surface area contributed by atoms with Crippen LogP contribution in [0.4, 0.5) is 4.39 Å². The Labute approximate surface area is 238 Å². The zero-order chi connectivity index (χ0) is 30.2. The topological polar surface area (TPSA) is 149 Å². The van der Waals surface area contributed by atoms with Crippen molar-refractivity contribution in [1.82, 2.24) is 19.9 Å². The van der Waals surface area contributed by atoms with Crippen LogP contribution in [0.15, 0.2) is 12.4 Å². The number of nitrogens with zero attached hydrogens (tertiary/aromatic N) is 4. The number of ether oxygens (including phenoxy) is 4. The summed E-state index contributed by atoms with van der Waals surface area (Å²) >= 11 is 11.1. The van der Waals surface area contributed by atoms with Crippen LogP contribution in [0.3, 0.4) is 0 Å². The molecule has 0 aliphatic carbocycles. The molecule has 0 aliphatic rings. The van der Waals surface area contributed by atoms with E-state index >= 15 is 0 Å². The molecule has 0 amide bonds. The second-order valence-electron chi connectivity index (χ2n) is 8.92. The van der Waals surface area contributed by atoms with Crippen LogP contribution in [-0.4, -0.2) is 77.1 Å². The predicted octanol–water partition coefficient (Wildman–Crippen LogP) is 4.48. The minimum Gasteiger partial charge on any atom is -0.461 e. The smallest absolute Gasteiger partial charge is 0.360 e. The van der Waals surface area contributed by atoms with E-state index in [9.17, 15) is 14.0 Å². The van der Waals surface area contributed by atoms with Gasteiger partial charge in [-0.2, -0.15) is 0 Å². The first-order valence-electron chi connectivity index (χ1n) is 12.0. The number of hydrogen-bond acceptors (Lipinski definition) is 11. The number of hydrogen-bond donors (Lipinski definition) is 1. The lowest BCUT2D eigenvalue weighted by molar-refractivity contribution is 0.0155. The number of rotatable bonds is 10. The maximum Gasteiger partial charge on any atom is 0.360 e. The minimum atomic E-state index is -0.845. The van der Waals surface area contributed by atoms with Crippen molar-refractivity contribution in [1.29, 1.82) is 0 Å². The summed E-state index contributed by atoms with van der Waals surface area (Å²) in [4.78, 5) is 37.4. The van der Waals surface area contributed by atoms with Gasteiger partial charge in [-0.25, -0.2) is 33.9 Å². The maximum absolute atomic E-state index is 12.9. The molecular formula is C25H38Cl2FN5O6. The first kappa shape index (κ1) is 36.5. The maximum atomic E-state index is 12.9. The molecule has 0 unspecified atom stereocenters. The molecule has 11 nitrogen and oxygen atoms in total. The summed E-state index contributed by atoms with van der Waals surface area (Å²) in [5.74, 6) is -2.16. The van der Waals surface area contributed by atoms with Gasteiger partial charge in [0.05, 0.1) is 30.6 Å². The monoisotopic (exact) mass is 593 g/mol. The molecule has 0 radical (unpaired) electrons. The van der Waals surface area contributed by atoms with Gasteiger partial charge in [0.15, 0.2) is 17.2 Å². The number of carbonyl (C=O) groups excluding carboxylic acids is 2. The van der Waals surface area contributed by atoms with E-state index in [0.717, 1.165) is 12.6 Å². The Bertz CT molecular complexity index is 1050. The van der Waals surface area contributed by atoms with E-state index < -0.39 is 23.4 Å². The van der Waals surface area contributed by atoms with Crippen LogP contribution in [0, 0.1) is 5.82 Å². The molecule has 0 aromatic carbocycles. The Morgan fingerprint density at radius 1 is 0.872 bits per heavy atom. The van der Waals surface area contributed by atoms with Crippen LogP contribution in [0.25, 0.3) is 0 Å². The average Bonchev–Trinajstić information content (AvgIpc) is 2.90. The normalized spacial score (nSPS) is 11.0. The molecule has 2 rings (SSSR count). The van der Waals surface area contributed by atoms with Gasteiger partial charge in [-0.05, 0) is 77.6 Å². The van der Waals surface area contributed by atoms with E-state index in [2.05, 4.69) is 24.7 Å². The minimum absolute atomic E-state index is 0.0396. The molecule has 0 saturated carbocycles. The highest BCUT2D eigenvalue weighted by atomic mass is 35.5. The highest BCUT2D eigenvalue weighted by Crippen LogP contribution is 2.19. The Kier molecular flexibility index (Phi) is 16.8. The number of methoxy groups -OCH3 is 2. The lowest BCUT2D eigenvalue weighted by Crippen LogP contribution is -2.32. The summed E-state index contributed by atoms with van der Waals surface area (Å²) in [6.07, 6.45) is 3.74. The highest BCUT2D eigenvalue weighted by molar-refractivity contribution is 6.28. The molecule has 2 aromatic rings. The van der Waals surface area contributed by atoms with Crippen LogP contribution in [0.2, 0.25) is 10.6 Å². The van der Waals surface area contributed by atoms with Crippen LogP contribution in [-0.2, 0) is 25.4 Å². The zero-order valence-electron chi connectivity index (χ0n) is 23.6. The fourth-order valence-electron chi connectivity index (χ4n) is 2.25. The molecule has 14 heteroatoms. The average molecular weight is 595 g/mol. The molecular weight excluding hydrogens is 556 g/mol. The summed E-state index contributed by atoms with van der Waals surface area (Å²) in [5, 5.41) is -0.151. The summed E-state index contributed by atoms with van der Waals surface area (Å²) in [7, 11) is 3.32. The third-order valence-electron chi connectivity index (χ3n) is 5.08. The van der Waals surface area contributed by atoms with Gasteiger partial charge in [-0.1, -0.05) is 0 Å². The Hall–Kier alpha value is -2.51. The van der Waals surface area contributed by atoms with Crippen LogP contribution >= 0.6 is 23.2 Å². The highest BCUT2D eigenvalue weighted by Gasteiger charge is 2.21. The molecule has 0 aliphatic heterocycles. The van der Waals surface area contributed by atoms with E-state index in [1.54, 1.807) is 34.3 Å². The summed E-state index contributed by atoms with van der Waals surface area (Å²) in [6, 6.07) is 0. The molecule has 0 fully saturated rings. The standard InChI is InChI=1S/C13H19ClN2O3.C7H6ClFN2O2.C5H13NO/c1-5-19-11(17)10-9(8-15-12(14)16-10)6-7-13(2,3)18-4;1-2-13-6(12)5-4(9)3-10-7(8)11-5;1-5(2,4-6)7-3/h8H,5-7H2,1-4H3;3H,2H2,1H3;4,6H2,1-3H3. The van der Waals surface area contributed by atoms with Crippen LogP contribution in [0.5, 0.6) is 0 Å². The van der Waals surface area contributed by atoms with Crippen molar-refractivity contribution >= 4 is 35.1 Å². The van der Waals surface area contributed by atoms with Crippen molar-refractivity contribution in [3.63, 3.8) is 0 Å². The second-order valence-corrected chi connectivity index (χ2v) is 9.60. The quantitative estimate of drug-likeness (QED) is 0.307. The van der Waals surface area contributed by atoms with Gasteiger partial charge in [0.1, 0.15) is 0 Å². The molecule has 39 heavy (non-hydrogen) atoms. The largest absolute Gasteiger partial charge is 0.461 e. The van der Waals surface area contributed by atoms with Crippen molar-refractivity contribution in [2.75, 3.05) is 34.0 Å². The van der Waals surface area contributed by atoms with Crippen molar-refractivity contribution in [2.45, 2.75) is 65.6 Å². The Morgan fingerprint density at radius 3 is 1.77 bits per heavy atom. The van der Waals surface area contributed by atoms with E-state index in [4.69, 9.17) is 43.1 Å². The van der Waals surface area contributed by atoms with Crippen molar-refractivity contribution in [2.24, 2.45) is 5.73 Å². The number of aryl methyl sites for hydroxylation is 1. The molecule has 2 heterocycles. The van der Waals surface area contributed by atoms with E-state index in [-0.39, 0.29) is 34.1 Å². The van der Waals surface area contributed by atoms with Gasteiger partial charge in [-0.15, -0.1) is 0 Å². The number of carbonyl (C=O) groups is 2. The molecule has 0 atom stereocenters. The van der Waals surface area contributed by atoms with E-state index in [1.165, 1.54) is 0 Å². The lowest BCUT2D eigenvalue weighted by Gasteiger charge is -2.22. The summed E-state index contributed by atoms with van der Waals surface area (Å²) < 4.78 is 32.7. The molecule has 2 aromatic heterocycles. The lowest BCUT2D eigenvalue weighted by atomic mass is 9.98. The van der Waals surface area contributed by atoms with Gasteiger partial charge >= 0.3 is 11.9 Å². The number of nitrogens with two attached hydrogens (primary N) is 1. The van der Waals surface area contributed by atoms with Gasteiger partial charge in [0.2, 0.25) is 10.6 Å². The van der Waals surface area contributed by atoms with Crippen molar-refractivity contribution in [3.05, 3.63) is 45.7 Å². The molecule has 2 N–H and O–H groups in total. The SMILES string of the molecule is CCOC(=O)c1nc(Cl)ncc1CCC(C)(C)OC.CCOC(=O)c1nc(Cl)ncc1F.COC(C)(C)CN. The van der Waals surface area contributed by atoms with E-state index in [0.29, 0.717) is 25.1 Å². The number of aromatic nitrogens is 4. The third kappa shape index (κ3) is 14.4. The fourth-order valence-corrected chi connectivity index (χ4v) is 2.52. The molecule has 220 valence electrons. The summed E-state index contributed by atoms with van der Waals surface area (Å²) in [6.45, 7) is 12.2. The van der Waals surface area contributed by atoms with Gasteiger partial charge in [0, 0.05) is 32.5 Å². The number of esters is 2. The Morgan fingerprint density at radius 2 is 1.33 bits per heavy atom. The van der Waals surface area contributed by atoms with Crippen LogP contribution in [0.1, 0.15) is 74.5 Å². The Balaban J connectivity index is 0.000000622. The first-order valence-corrected chi connectivity index (χ1v) is 12.8. The first-order chi connectivity index (χ1) is 18.2. The van der Waals surface area contributed by atoms with Crippen molar-refractivity contribution in [3.8, 4) is 0 Å². The molecule has 0 saturated heterocycles. The number of halogens is 3. The van der Waals surface area contributed by atoms with Gasteiger partial charge in [0.25, 0.3) is 0 Å². The van der Waals surface area contributed by atoms with Crippen molar-refractivity contribution < 1.29 is 32.9 Å². The van der Waals surface area contributed by atoms with E-state index in [1.807, 2.05) is 27.7 Å². The van der Waals surface area contributed by atoms with Gasteiger partial charge in [-0.3, -0.25) is 0 Å². The predicted molar refractivity (Wildman–Crippen MR) is 146 cm³/mol.